The summed E-state index contributed by atoms with van der Waals surface area (Å²) < 4.78 is 11.2. The van der Waals surface area contributed by atoms with E-state index in [1.54, 1.807) is 0 Å². The van der Waals surface area contributed by atoms with Crippen molar-refractivity contribution in [2.45, 2.75) is 6.92 Å². The van der Waals surface area contributed by atoms with E-state index in [2.05, 4.69) is 29.7 Å². The first-order valence-electron chi connectivity index (χ1n) is 7.85. The van der Waals surface area contributed by atoms with Crippen LogP contribution in [0.15, 0.2) is 60.4 Å². The number of morpholine rings is 1. The molecule has 0 spiro atoms. The van der Waals surface area contributed by atoms with E-state index in [1.165, 1.54) is 0 Å². The van der Waals surface area contributed by atoms with E-state index in [9.17, 15) is 0 Å². The van der Waals surface area contributed by atoms with Gasteiger partial charge in [0.25, 0.3) is 0 Å². The predicted molar refractivity (Wildman–Crippen MR) is 91.6 cm³/mol. The summed E-state index contributed by atoms with van der Waals surface area (Å²) in [6.07, 6.45) is 6.01. The fourth-order valence-electron chi connectivity index (χ4n) is 2.38. The molecule has 3 heteroatoms. The fourth-order valence-corrected chi connectivity index (χ4v) is 2.38. The number of benzene rings is 1. The van der Waals surface area contributed by atoms with Crippen molar-refractivity contribution in [2.24, 2.45) is 0 Å². The van der Waals surface area contributed by atoms with Gasteiger partial charge >= 0.3 is 0 Å². The molecular weight excluding hydrogens is 274 g/mol. The Morgan fingerprint density at radius 2 is 2.00 bits per heavy atom. The van der Waals surface area contributed by atoms with E-state index in [1.807, 2.05) is 37.3 Å². The van der Waals surface area contributed by atoms with Gasteiger partial charge in [-0.3, -0.25) is 4.90 Å². The molecule has 0 bridgehead atoms. The van der Waals surface area contributed by atoms with Gasteiger partial charge in [0, 0.05) is 25.2 Å². The third-order valence-corrected chi connectivity index (χ3v) is 3.59. The van der Waals surface area contributed by atoms with Crippen LogP contribution in [0.4, 0.5) is 0 Å². The second kappa shape index (κ2) is 9.23. The van der Waals surface area contributed by atoms with Crippen LogP contribution < -0.4 is 0 Å². The number of hydrogen-bond acceptors (Lipinski definition) is 3. The molecular formula is C19H25NO2. The third kappa shape index (κ3) is 5.17. The molecule has 1 fully saturated rings. The molecule has 0 aromatic heterocycles. The fraction of sp³-hybridized carbons (Fsp3) is 0.368. The van der Waals surface area contributed by atoms with Crippen molar-refractivity contribution in [1.29, 1.82) is 0 Å². The second-order valence-corrected chi connectivity index (χ2v) is 5.16. The summed E-state index contributed by atoms with van der Waals surface area (Å²) in [5.41, 5.74) is 2.28. The standard InChI is InChI=1S/C19H25NO2/c1-3-18(16-20-12-14-21-15-13-20)19(22-4-2)11-10-17-8-6-5-7-9-17/h3,5-11H,1,4,12-16H2,2H3/b11-10+,19-18+. The van der Waals surface area contributed by atoms with Gasteiger partial charge in [-0.1, -0.05) is 49.1 Å². The number of allylic oxidation sites excluding steroid dienone is 1. The van der Waals surface area contributed by atoms with E-state index in [0.29, 0.717) is 6.61 Å². The highest BCUT2D eigenvalue weighted by molar-refractivity contribution is 5.53. The van der Waals surface area contributed by atoms with Gasteiger partial charge in [-0.05, 0) is 18.6 Å². The molecule has 0 radical (unpaired) electrons. The number of ether oxygens (including phenoxy) is 2. The highest BCUT2D eigenvalue weighted by Crippen LogP contribution is 2.14. The summed E-state index contributed by atoms with van der Waals surface area (Å²) in [5.74, 6) is 0.896. The summed E-state index contributed by atoms with van der Waals surface area (Å²) >= 11 is 0. The van der Waals surface area contributed by atoms with Crippen molar-refractivity contribution in [3.63, 3.8) is 0 Å². The molecule has 0 N–H and O–H groups in total. The van der Waals surface area contributed by atoms with E-state index in [0.717, 1.165) is 49.7 Å². The van der Waals surface area contributed by atoms with Gasteiger partial charge in [-0.15, -0.1) is 0 Å². The lowest BCUT2D eigenvalue weighted by Crippen LogP contribution is -2.37. The smallest absolute Gasteiger partial charge is 0.123 e. The van der Waals surface area contributed by atoms with Gasteiger partial charge in [-0.2, -0.15) is 0 Å². The summed E-state index contributed by atoms with van der Waals surface area (Å²) in [7, 11) is 0. The largest absolute Gasteiger partial charge is 0.494 e. The maximum absolute atomic E-state index is 5.82. The monoisotopic (exact) mass is 299 g/mol. The molecule has 0 atom stereocenters. The van der Waals surface area contributed by atoms with Crippen LogP contribution in [0, 0.1) is 0 Å². The van der Waals surface area contributed by atoms with Crippen LogP contribution >= 0.6 is 0 Å². The second-order valence-electron chi connectivity index (χ2n) is 5.16. The maximum Gasteiger partial charge on any atom is 0.123 e. The zero-order valence-electron chi connectivity index (χ0n) is 13.3. The van der Waals surface area contributed by atoms with Gasteiger partial charge in [-0.25, -0.2) is 0 Å². The van der Waals surface area contributed by atoms with Crippen LogP contribution in [0.1, 0.15) is 12.5 Å². The zero-order chi connectivity index (χ0) is 15.6. The van der Waals surface area contributed by atoms with Crippen LogP contribution in [-0.4, -0.2) is 44.4 Å². The highest BCUT2D eigenvalue weighted by atomic mass is 16.5. The van der Waals surface area contributed by atoms with E-state index < -0.39 is 0 Å². The Balaban J connectivity index is 2.13. The van der Waals surface area contributed by atoms with Crippen molar-refractivity contribution < 1.29 is 9.47 Å². The molecule has 1 aliphatic rings. The lowest BCUT2D eigenvalue weighted by atomic mass is 10.1. The zero-order valence-corrected chi connectivity index (χ0v) is 13.3. The molecule has 1 aliphatic heterocycles. The molecule has 1 heterocycles. The lowest BCUT2D eigenvalue weighted by molar-refractivity contribution is 0.0421. The molecule has 3 nitrogen and oxygen atoms in total. The number of hydrogen-bond donors (Lipinski definition) is 0. The van der Waals surface area contributed by atoms with Crippen LogP contribution in [0.25, 0.3) is 6.08 Å². The van der Waals surface area contributed by atoms with Gasteiger partial charge < -0.3 is 9.47 Å². The minimum atomic E-state index is 0.648. The summed E-state index contributed by atoms with van der Waals surface area (Å²) in [6.45, 7) is 11.0. The topological polar surface area (TPSA) is 21.7 Å². The molecule has 0 amide bonds. The molecule has 118 valence electrons. The minimum absolute atomic E-state index is 0.648. The summed E-state index contributed by atoms with van der Waals surface area (Å²) in [5, 5.41) is 0. The molecule has 1 aromatic carbocycles. The quantitative estimate of drug-likeness (QED) is 0.568. The normalized spacial score (nSPS) is 17.3. The summed E-state index contributed by atoms with van der Waals surface area (Å²) in [4.78, 5) is 2.37. The van der Waals surface area contributed by atoms with Crippen LogP contribution in [0.5, 0.6) is 0 Å². The number of rotatable bonds is 7. The van der Waals surface area contributed by atoms with Gasteiger partial charge in [0.15, 0.2) is 0 Å². The van der Waals surface area contributed by atoms with Crippen molar-refractivity contribution in [1.82, 2.24) is 4.90 Å². The Hall–Kier alpha value is -1.84. The maximum atomic E-state index is 5.82. The Kier molecular flexibility index (Phi) is 6.94. The average molecular weight is 299 g/mol. The Morgan fingerprint density at radius 1 is 1.27 bits per heavy atom. The number of nitrogens with zero attached hydrogens (tertiary/aromatic N) is 1. The van der Waals surface area contributed by atoms with Crippen LogP contribution in [0.3, 0.4) is 0 Å². The SMILES string of the molecule is C=C/C(CN1CCOCC1)=C(/C=C/c1ccccc1)OCC. The average Bonchev–Trinajstić information content (AvgIpc) is 2.58. The van der Waals surface area contributed by atoms with Crippen molar-refractivity contribution in [3.05, 3.63) is 66.0 Å². The van der Waals surface area contributed by atoms with Gasteiger partial charge in [0.2, 0.25) is 0 Å². The molecule has 2 rings (SSSR count). The molecule has 0 saturated carbocycles. The van der Waals surface area contributed by atoms with E-state index in [4.69, 9.17) is 9.47 Å². The van der Waals surface area contributed by atoms with Crippen molar-refractivity contribution >= 4 is 6.08 Å². The first-order valence-corrected chi connectivity index (χ1v) is 7.85. The van der Waals surface area contributed by atoms with Gasteiger partial charge in [0.1, 0.15) is 5.76 Å². The van der Waals surface area contributed by atoms with E-state index >= 15 is 0 Å². The Labute approximate surface area is 133 Å². The molecule has 0 aliphatic carbocycles. The molecule has 22 heavy (non-hydrogen) atoms. The van der Waals surface area contributed by atoms with Gasteiger partial charge in [0.05, 0.1) is 19.8 Å². The van der Waals surface area contributed by atoms with Crippen molar-refractivity contribution in [3.8, 4) is 0 Å². The Bertz CT molecular complexity index is 513. The first-order chi connectivity index (χ1) is 10.8. The highest BCUT2D eigenvalue weighted by Gasteiger charge is 2.13. The molecule has 1 saturated heterocycles. The van der Waals surface area contributed by atoms with Crippen molar-refractivity contribution in [2.75, 3.05) is 39.5 Å². The first kappa shape index (κ1) is 16.5. The minimum Gasteiger partial charge on any atom is -0.494 e. The summed E-state index contributed by atoms with van der Waals surface area (Å²) in [6, 6.07) is 10.2. The lowest BCUT2D eigenvalue weighted by Gasteiger charge is -2.27. The van der Waals surface area contributed by atoms with Crippen LogP contribution in [0.2, 0.25) is 0 Å². The van der Waals surface area contributed by atoms with E-state index in [-0.39, 0.29) is 0 Å². The third-order valence-electron chi connectivity index (χ3n) is 3.59. The molecule has 0 unspecified atom stereocenters. The van der Waals surface area contributed by atoms with Crippen LogP contribution in [-0.2, 0) is 9.47 Å². The molecule has 1 aromatic rings. The Morgan fingerprint density at radius 3 is 2.64 bits per heavy atom. The predicted octanol–water partition coefficient (Wildman–Crippen LogP) is 3.51.